The lowest BCUT2D eigenvalue weighted by Gasteiger charge is -1.96. The van der Waals surface area contributed by atoms with E-state index in [2.05, 4.69) is 11.8 Å². The summed E-state index contributed by atoms with van der Waals surface area (Å²) in [5.74, 6) is 6.00. The first-order valence-electron chi connectivity index (χ1n) is 5.52. The van der Waals surface area contributed by atoms with Gasteiger partial charge in [-0.3, -0.25) is 0 Å². The van der Waals surface area contributed by atoms with Crippen molar-refractivity contribution < 1.29 is 10.2 Å². The molecule has 14 heavy (non-hydrogen) atoms. The molecule has 82 valence electrons. The molecule has 0 rings (SSSR count). The molecular weight excluding hydrogens is 176 g/mol. The molecule has 0 amide bonds. The summed E-state index contributed by atoms with van der Waals surface area (Å²) < 4.78 is 0. The summed E-state index contributed by atoms with van der Waals surface area (Å²) in [6.45, 7) is 2.07. The van der Waals surface area contributed by atoms with E-state index in [1.807, 2.05) is 0 Å². The Hall–Kier alpha value is -0.520. The molecule has 2 nitrogen and oxygen atoms in total. The second kappa shape index (κ2) is 10.6. The number of aliphatic hydroxyl groups excluding tert-OH is 2. The van der Waals surface area contributed by atoms with Crippen LogP contribution in [0.4, 0.5) is 0 Å². The van der Waals surface area contributed by atoms with Gasteiger partial charge in [0.15, 0.2) is 0 Å². The zero-order valence-corrected chi connectivity index (χ0v) is 9.13. The normalized spacial score (nSPS) is 11.9. The van der Waals surface area contributed by atoms with Gasteiger partial charge in [-0.15, -0.1) is 11.8 Å². The molecule has 0 spiro atoms. The van der Waals surface area contributed by atoms with Crippen LogP contribution in [0.1, 0.15) is 51.9 Å². The molecule has 1 unspecified atom stereocenters. The molecule has 0 aromatic carbocycles. The van der Waals surface area contributed by atoms with E-state index in [1.165, 1.54) is 12.8 Å². The van der Waals surface area contributed by atoms with Crippen LogP contribution in [0, 0.1) is 11.8 Å². The Balaban J connectivity index is 3.07. The Morgan fingerprint density at radius 1 is 1.00 bits per heavy atom. The third kappa shape index (κ3) is 11.5. The molecule has 2 heteroatoms. The zero-order valence-electron chi connectivity index (χ0n) is 9.13. The van der Waals surface area contributed by atoms with E-state index in [9.17, 15) is 0 Å². The Labute approximate surface area is 87.3 Å². The van der Waals surface area contributed by atoms with Gasteiger partial charge in [0.05, 0.1) is 6.10 Å². The van der Waals surface area contributed by atoms with Crippen molar-refractivity contribution >= 4 is 0 Å². The minimum absolute atomic E-state index is 0.299. The van der Waals surface area contributed by atoms with Crippen molar-refractivity contribution in [3.05, 3.63) is 0 Å². The van der Waals surface area contributed by atoms with Crippen LogP contribution < -0.4 is 0 Å². The number of aliphatic hydroxyl groups is 2. The topological polar surface area (TPSA) is 40.5 Å². The van der Waals surface area contributed by atoms with E-state index in [4.69, 9.17) is 10.2 Å². The summed E-state index contributed by atoms with van der Waals surface area (Å²) in [7, 11) is 0. The van der Waals surface area contributed by atoms with Crippen LogP contribution in [0.25, 0.3) is 0 Å². The van der Waals surface area contributed by atoms with Crippen molar-refractivity contribution in [3.63, 3.8) is 0 Å². The average Bonchev–Trinajstić information content (AvgIpc) is 2.15. The van der Waals surface area contributed by atoms with Gasteiger partial charge in [-0.2, -0.15) is 0 Å². The van der Waals surface area contributed by atoms with E-state index < -0.39 is 0 Å². The van der Waals surface area contributed by atoms with Crippen molar-refractivity contribution in [2.24, 2.45) is 0 Å². The highest BCUT2D eigenvalue weighted by atomic mass is 16.3. The Kier molecular flexibility index (Phi) is 10.2. The molecule has 0 aliphatic heterocycles. The summed E-state index contributed by atoms with van der Waals surface area (Å²) >= 11 is 0. The van der Waals surface area contributed by atoms with Gasteiger partial charge < -0.3 is 10.2 Å². The van der Waals surface area contributed by atoms with Crippen molar-refractivity contribution in [2.45, 2.75) is 58.0 Å². The van der Waals surface area contributed by atoms with E-state index in [-0.39, 0.29) is 6.10 Å². The van der Waals surface area contributed by atoms with E-state index in [0.717, 1.165) is 25.7 Å². The first-order valence-corrected chi connectivity index (χ1v) is 5.52. The summed E-state index contributed by atoms with van der Waals surface area (Å²) in [5, 5.41) is 17.5. The number of unbranched alkanes of at least 4 members (excludes halogenated alkanes) is 5. The second-order valence-corrected chi connectivity index (χ2v) is 3.65. The molecule has 0 aliphatic carbocycles. The second-order valence-electron chi connectivity index (χ2n) is 3.65. The van der Waals surface area contributed by atoms with Crippen LogP contribution in [-0.2, 0) is 0 Å². The van der Waals surface area contributed by atoms with Crippen LogP contribution in [0.2, 0.25) is 0 Å². The highest BCUT2D eigenvalue weighted by Crippen LogP contribution is 2.04. The molecule has 0 saturated carbocycles. The van der Waals surface area contributed by atoms with Gasteiger partial charge in [0, 0.05) is 19.4 Å². The summed E-state index contributed by atoms with van der Waals surface area (Å²) in [5.41, 5.74) is 0. The van der Waals surface area contributed by atoms with Gasteiger partial charge in [-0.25, -0.2) is 0 Å². The Morgan fingerprint density at radius 3 is 2.29 bits per heavy atom. The van der Waals surface area contributed by atoms with Crippen molar-refractivity contribution in [3.8, 4) is 11.8 Å². The maximum Gasteiger partial charge on any atom is 0.0621 e. The van der Waals surface area contributed by atoms with Gasteiger partial charge in [0.25, 0.3) is 0 Å². The predicted molar refractivity (Wildman–Crippen MR) is 58.9 cm³/mol. The Bertz CT molecular complexity index is 165. The predicted octanol–water partition coefficient (Wildman–Crippen LogP) is 2.09. The zero-order chi connectivity index (χ0) is 10.6. The maximum atomic E-state index is 8.93. The van der Waals surface area contributed by atoms with Crippen LogP contribution >= 0.6 is 0 Å². The summed E-state index contributed by atoms with van der Waals surface area (Å²) in [4.78, 5) is 0. The number of hydrogen-bond donors (Lipinski definition) is 2. The molecular formula is C12H22O2. The smallest absolute Gasteiger partial charge is 0.0621 e. The first-order chi connectivity index (χ1) is 6.77. The minimum Gasteiger partial charge on any atom is -0.396 e. The third-order valence-electron chi connectivity index (χ3n) is 1.98. The molecule has 0 radical (unpaired) electrons. The third-order valence-corrected chi connectivity index (χ3v) is 1.98. The number of rotatable bonds is 7. The van der Waals surface area contributed by atoms with E-state index in [1.54, 1.807) is 6.92 Å². The highest BCUT2D eigenvalue weighted by molar-refractivity contribution is 4.99. The van der Waals surface area contributed by atoms with Gasteiger partial charge in [0.2, 0.25) is 0 Å². The van der Waals surface area contributed by atoms with Gasteiger partial charge in [0.1, 0.15) is 0 Å². The lowest BCUT2D eigenvalue weighted by molar-refractivity contribution is 0.201. The maximum absolute atomic E-state index is 8.93. The molecule has 0 aromatic heterocycles. The quantitative estimate of drug-likeness (QED) is 0.486. The van der Waals surface area contributed by atoms with E-state index in [0.29, 0.717) is 13.0 Å². The van der Waals surface area contributed by atoms with Crippen LogP contribution in [0.3, 0.4) is 0 Å². The lowest BCUT2D eigenvalue weighted by Crippen LogP contribution is -1.95. The summed E-state index contributed by atoms with van der Waals surface area (Å²) in [6, 6.07) is 0. The molecule has 0 aromatic rings. The van der Waals surface area contributed by atoms with E-state index >= 15 is 0 Å². The molecule has 0 fully saturated rings. The fraction of sp³-hybridized carbons (Fsp3) is 0.833. The molecule has 0 heterocycles. The number of hydrogen-bond acceptors (Lipinski definition) is 2. The van der Waals surface area contributed by atoms with Crippen LogP contribution in [0.5, 0.6) is 0 Å². The molecule has 0 aliphatic rings. The van der Waals surface area contributed by atoms with Gasteiger partial charge in [-0.05, 0) is 19.8 Å². The van der Waals surface area contributed by atoms with Crippen LogP contribution in [-0.4, -0.2) is 22.9 Å². The van der Waals surface area contributed by atoms with Crippen molar-refractivity contribution in [1.82, 2.24) is 0 Å². The SMILES string of the molecule is CC(O)CC#CCCCCCCCO. The highest BCUT2D eigenvalue weighted by Gasteiger charge is 1.89. The monoisotopic (exact) mass is 198 g/mol. The fourth-order valence-electron chi connectivity index (χ4n) is 1.16. The molecule has 0 bridgehead atoms. The fourth-order valence-corrected chi connectivity index (χ4v) is 1.16. The van der Waals surface area contributed by atoms with Crippen LogP contribution in [0.15, 0.2) is 0 Å². The minimum atomic E-state index is -0.299. The average molecular weight is 198 g/mol. The van der Waals surface area contributed by atoms with Crippen molar-refractivity contribution in [2.75, 3.05) is 6.61 Å². The molecule has 2 N–H and O–H groups in total. The standard InChI is InChI=1S/C12H22O2/c1-12(14)10-8-6-4-2-3-5-7-9-11-13/h12-14H,2-5,7,9-11H2,1H3. The summed E-state index contributed by atoms with van der Waals surface area (Å²) in [6.07, 6.45) is 6.80. The van der Waals surface area contributed by atoms with Gasteiger partial charge in [-0.1, -0.05) is 19.3 Å². The lowest BCUT2D eigenvalue weighted by atomic mass is 10.1. The molecule has 0 saturated heterocycles. The largest absolute Gasteiger partial charge is 0.396 e. The van der Waals surface area contributed by atoms with Gasteiger partial charge >= 0.3 is 0 Å². The first kappa shape index (κ1) is 13.5. The Morgan fingerprint density at radius 2 is 1.64 bits per heavy atom. The molecule has 1 atom stereocenters. The van der Waals surface area contributed by atoms with Crippen molar-refractivity contribution in [1.29, 1.82) is 0 Å².